The van der Waals surface area contributed by atoms with Crippen molar-refractivity contribution in [1.29, 1.82) is 0 Å². The number of hydrogen-bond donors (Lipinski definition) is 1. The normalized spacial score (nSPS) is 11.2. The van der Waals surface area contributed by atoms with Crippen LogP contribution in [0.3, 0.4) is 0 Å². The number of halogens is 2. The summed E-state index contributed by atoms with van der Waals surface area (Å²) in [5, 5.41) is 4.16. The fourth-order valence-electron chi connectivity index (χ4n) is 2.06. The quantitative estimate of drug-likeness (QED) is 0.577. The lowest BCUT2D eigenvalue weighted by molar-refractivity contribution is 0.0469. The monoisotopic (exact) mass is 443 g/mol. The minimum atomic E-state index is -3.91. The molecule has 0 bridgehead atoms. The molecule has 3 rings (SSSR count). The number of para-hydroxylation sites is 1. The summed E-state index contributed by atoms with van der Waals surface area (Å²) >= 11 is 12.6. The van der Waals surface area contributed by atoms with Crippen LogP contribution in [0.2, 0.25) is 9.36 Å². The van der Waals surface area contributed by atoms with Gasteiger partial charge in [-0.05, 0) is 36.4 Å². The van der Waals surface area contributed by atoms with Crippen molar-refractivity contribution in [3.05, 3.63) is 69.1 Å². The number of benzene rings is 2. The van der Waals surface area contributed by atoms with Crippen LogP contribution < -0.4 is 4.72 Å². The van der Waals surface area contributed by atoms with Crippen molar-refractivity contribution in [3.8, 4) is 0 Å². The molecule has 1 aromatic heterocycles. The molecule has 1 heterocycles. The molecule has 7 nitrogen and oxygen atoms in total. The van der Waals surface area contributed by atoms with E-state index in [0.29, 0.717) is 15.1 Å². The maximum absolute atomic E-state index is 12.5. The van der Waals surface area contributed by atoms with Crippen molar-refractivity contribution in [2.24, 2.45) is 0 Å². The van der Waals surface area contributed by atoms with Crippen molar-refractivity contribution in [2.75, 3.05) is 4.72 Å². The Bertz CT molecular complexity index is 1070. The summed E-state index contributed by atoms with van der Waals surface area (Å²) in [6, 6.07) is 11.7. The molecule has 0 amide bonds. The number of nitrogens with one attached hydrogen (secondary N) is 1. The minimum Gasteiger partial charge on any atom is -0.455 e. The Labute approximate surface area is 169 Å². The Balaban J connectivity index is 1.80. The summed E-state index contributed by atoms with van der Waals surface area (Å²) in [4.78, 5) is 12.4. The van der Waals surface area contributed by atoms with E-state index >= 15 is 0 Å². The molecule has 140 valence electrons. The van der Waals surface area contributed by atoms with Crippen LogP contribution in [0.15, 0.2) is 53.4 Å². The molecule has 0 radical (unpaired) electrons. The summed E-state index contributed by atoms with van der Waals surface area (Å²) in [6.45, 7) is -0.174. The van der Waals surface area contributed by atoms with E-state index in [1.54, 1.807) is 12.1 Å². The Morgan fingerprint density at radius 2 is 1.81 bits per heavy atom. The van der Waals surface area contributed by atoms with Gasteiger partial charge in [0.15, 0.2) is 0 Å². The molecule has 0 fully saturated rings. The van der Waals surface area contributed by atoms with Crippen LogP contribution in [0.4, 0.5) is 5.69 Å². The maximum atomic E-state index is 12.5. The molecule has 11 heteroatoms. The largest absolute Gasteiger partial charge is 0.455 e. The van der Waals surface area contributed by atoms with E-state index in [1.807, 2.05) is 0 Å². The lowest BCUT2D eigenvalue weighted by Crippen LogP contribution is -2.16. The van der Waals surface area contributed by atoms with Gasteiger partial charge in [-0.2, -0.15) is 0 Å². The molecule has 1 N–H and O–H groups in total. The summed E-state index contributed by atoms with van der Waals surface area (Å²) < 4.78 is 36.6. The third-order valence-corrected chi connectivity index (χ3v) is 5.98. The van der Waals surface area contributed by atoms with Gasteiger partial charge in [0.1, 0.15) is 16.6 Å². The molecule has 0 aliphatic rings. The molecule has 27 heavy (non-hydrogen) atoms. The van der Waals surface area contributed by atoms with Crippen LogP contribution in [0.5, 0.6) is 0 Å². The summed E-state index contributed by atoms with van der Waals surface area (Å²) in [7, 11) is -3.91. The second-order valence-corrected chi connectivity index (χ2v) is 8.65. The molecule has 0 unspecified atom stereocenters. The minimum absolute atomic E-state index is 0.00963. The van der Waals surface area contributed by atoms with E-state index < -0.39 is 16.0 Å². The molecular formula is C16H11Cl2N3O4S2. The summed E-state index contributed by atoms with van der Waals surface area (Å²) in [5.74, 6) is -0.728. The number of hydrogen-bond acceptors (Lipinski definition) is 7. The Hall–Kier alpha value is -2.20. The highest BCUT2D eigenvalue weighted by atomic mass is 35.5. The van der Waals surface area contributed by atoms with E-state index in [-0.39, 0.29) is 22.8 Å². The zero-order valence-corrected chi connectivity index (χ0v) is 16.6. The Morgan fingerprint density at radius 3 is 2.48 bits per heavy atom. The van der Waals surface area contributed by atoms with Gasteiger partial charge in [0, 0.05) is 16.6 Å². The van der Waals surface area contributed by atoms with Crippen LogP contribution in [0.1, 0.15) is 16.1 Å². The van der Waals surface area contributed by atoms with Crippen molar-refractivity contribution >= 4 is 56.4 Å². The average Bonchev–Trinajstić information content (AvgIpc) is 3.05. The van der Waals surface area contributed by atoms with Crippen LogP contribution in [0, 0.1) is 0 Å². The lowest BCUT2D eigenvalue weighted by atomic mass is 10.2. The maximum Gasteiger partial charge on any atom is 0.340 e. The number of esters is 1. The van der Waals surface area contributed by atoms with Gasteiger partial charge in [-0.15, -0.1) is 5.10 Å². The second kappa shape index (κ2) is 8.22. The molecule has 0 spiro atoms. The van der Waals surface area contributed by atoms with Gasteiger partial charge in [0.2, 0.25) is 0 Å². The third-order valence-electron chi connectivity index (χ3n) is 3.36. The molecule has 0 saturated heterocycles. The highest BCUT2D eigenvalue weighted by Gasteiger charge is 2.20. The number of aromatic nitrogens is 2. The number of ether oxygens (including phenoxy) is 1. The number of sulfonamides is 1. The average molecular weight is 444 g/mol. The summed E-state index contributed by atoms with van der Waals surface area (Å²) in [6.07, 6.45) is 0. The van der Waals surface area contributed by atoms with E-state index in [4.69, 9.17) is 27.9 Å². The fraction of sp³-hybridized carbons (Fsp3) is 0.0625. The van der Waals surface area contributed by atoms with Crippen molar-refractivity contribution in [3.63, 3.8) is 0 Å². The van der Waals surface area contributed by atoms with Gasteiger partial charge in [0.25, 0.3) is 10.0 Å². The van der Waals surface area contributed by atoms with Crippen molar-refractivity contribution in [1.82, 2.24) is 9.59 Å². The topological polar surface area (TPSA) is 98.2 Å². The molecular weight excluding hydrogens is 433 g/mol. The zero-order chi connectivity index (χ0) is 19.4. The number of carbonyl (C=O) groups is 1. The molecule has 3 aromatic rings. The molecule has 2 aromatic carbocycles. The predicted octanol–water partition coefficient (Wildman–Crippen LogP) is 4.00. The van der Waals surface area contributed by atoms with Crippen LogP contribution >= 0.6 is 34.7 Å². The van der Waals surface area contributed by atoms with Crippen molar-refractivity contribution in [2.45, 2.75) is 11.5 Å². The van der Waals surface area contributed by atoms with Gasteiger partial charge in [0.05, 0.1) is 16.1 Å². The predicted molar refractivity (Wildman–Crippen MR) is 103 cm³/mol. The Kier molecular flexibility index (Phi) is 5.95. The number of anilines is 1. The molecule has 0 saturated carbocycles. The van der Waals surface area contributed by atoms with Gasteiger partial charge >= 0.3 is 5.97 Å². The highest BCUT2D eigenvalue weighted by molar-refractivity contribution is 7.92. The second-order valence-electron chi connectivity index (χ2n) is 5.17. The van der Waals surface area contributed by atoms with Gasteiger partial charge in [-0.1, -0.05) is 39.8 Å². The Morgan fingerprint density at radius 1 is 1.11 bits per heavy atom. The number of carbonyl (C=O) groups excluding carboxylic acids is 1. The van der Waals surface area contributed by atoms with E-state index in [9.17, 15) is 13.2 Å². The first-order valence-electron chi connectivity index (χ1n) is 7.38. The first-order valence-corrected chi connectivity index (χ1v) is 10.4. The van der Waals surface area contributed by atoms with Crippen LogP contribution in [-0.2, 0) is 21.4 Å². The molecule has 0 atom stereocenters. The first kappa shape index (κ1) is 19.6. The van der Waals surface area contributed by atoms with Gasteiger partial charge in [-0.25, -0.2) is 13.2 Å². The highest BCUT2D eigenvalue weighted by Crippen LogP contribution is 2.23. The lowest BCUT2D eigenvalue weighted by Gasteiger charge is -2.12. The zero-order valence-electron chi connectivity index (χ0n) is 13.4. The number of nitrogens with zero attached hydrogens (tertiary/aromatic N) is 2. The van der Waals surface area contributed by atoms with Crippen LogP contribution in [0.25, 0.3) is 0 Å². The van der Waals surface area contributed by atoms with E-state index in [2.05, 4.69) is 14.3 Å². The van der Waals surface area contributed by atoms with Gasteiger partial charge in [-0.3, -0.25) is 4.72 Å². The first-order chi connectivity index (χ1) is 12.9. The van der Waals surface area contributed by atoms with Crippen LogP contribution in [-0.4, -0.2) is 24.0 Å². The fourth-order valence-corrected chi connectivity index (χ4v) is 3.87. The van der Waals surface area contributed by atoms with E-state index in [0.717, 1.165) is 11.5 Å². The SMILES string of the molecule is O=C(OCc1nnsc1Cl)c1ccccc1NS(=O)(=O)c1ccc(Cl)cc1. The molecule has 0 aliphatic carbocycles. The standard InChI is InChI=1S/C16H11Cl2N3O4S2/c17-10-5-7-11(8-6-10)27(23,24)20-13-4-2-1-3-12(13)16(22)25-9-14-15(18)26-21-19-14/h1-8,20H,9H2. The smallest absolute Gasteiger partial charge is 0.340 e. The summed E-state index contributed by atoms with van der Waals surface area (Å²) in [5.41, 5.74) is 0.462. The number of rotatable bonds is 6. The van der Waals surface area contributed by atoms with Crippen molar-refractivity contribution < 1.29 is 17.9 Å². The molecule has 0 aliphatic heterocycles. The van der Waals surface area contributed by atoms with E-state index in [1.165, 1.54) is 36.4 Å². The third kappa shape index (κ3) is 4.75. The van der Waals surface area contributed by atoms with Gasteiger partial charge < -0.3 is 4.74 Å².